The Morgan fingerprint density at radius 1 is 1.26 bits per heavy atom. The minimum atomic E-state index is -0.460. The smallest absolute Gasteiger partial charge is 0.407 e. The van der Waals surface area contributed by atoms with Crippen molar-refractivity contribution in [1.82, 2.24) is 15.6 Å². The molecule has 1 aromatic rings. The van der Waals surface area contributed by atoms with Crippen LogP contribution in [0.5, 0.6) is 0 Å². The fraction of sp³-hybridized carbons (Fsp3) is 0.765. The van der Waals surface area contributed by atoms with Gasteiger partial charge in [-0.2, -0.15) is 0 Å². The van der Waals surface area contributed by atoms with Gasteiger partial charge in [0.15, 0.2) is 0 Å². The lowest BCUT2D eigenvalue weighted by atomic mass is 9.95. The minimum Gasteiger partial charge on any atom is -0.444 e. The summed E-state index contributed by atoms with van der Waals surface area (Å²) in [5.41, 5.74) is -0.460. The molecule has 2 N–H and O–H groups in total. The van der Waals surface area contributed by atoms with E-state index in [0.717, 1.165) is 18.1 Å². The summed E-state index contributed by atoms with van der Waals surface area (Å²) in [5, 5.41) is 9.54. The summed E-state index contributed by atoms with van der Waals surface area (Å²) in [6, 6.07) is 0. The maximum Gasteiger partial charge on any atom is 0.407 e. The number of nitrogens with one attached hydrogen (secondary N) is 2. The molecule has 2 unspecified atom stereocenters. The predicted molar refractivity (Wildman–Crippen MR) is 96.0 cm³/mol. The number of amides is 1. The number of carbonyl (C=O) groups excluding carboxylic acids is 1. The summed E-state index contributed by atoms with van der Waals surface area (Å²) in [7, 11) is 0. The number of alkyl carbamates (subject to hydrolysis) is 1. The molecule has 0 saturated heterocycles. The van der Waals surface area contributed by atoms with Crippen LogP contribution in [0.4, 0.5) is 4.79 Å². The maximum atomic E-state index is 11.8. The van der Waals surface area contributed by atoms with Gasteiger partial charge >= 0.3 is 6.09 Å². The van der Waals surface area contributed by atoms with Gasteiger partial charge < -0.3 is 15.4 Å². The van der Waals surface area contributed by atoms with E-state index < -0.39 is 5.60 Å². The number of carbonyl (C=O) groups is 1. The van der Waals surface area contributed by atoms with E-state index in [9.17, 15) is 4.79 Å². The van der Waals surface area contributed by atoms with Crippen LogP contribution in [0.15, 0.2) is 11.6 Å². The number of ether oxygens (including phenoxy) is 1. The molecule has 0 bridgehead atoms. The quantitative estimate of drug-likeness (QED) is 0.758. The first-order valence-corrected chi connectivity index (χ1v) is 9.14. The standard InChI is InChI=1S/C17H31N3O2S/c1-12(2)14(11-20-16(21)22-17(4,5)6)10-18-9-13(3)15-19-7-8-23-15/h7-8,12-14,18H,9-11H2,1-6H3,(H,20,21). The summed E-state index contributed by atoms with van der Waals surface area (Å²) in [6.07, 6.45) is 1.50. The van der Waals surface area contributed by atoms with Crippen LogP contribution in [0.3, 0.4) is 0 Å². The molecular weight excluding hydrogens is 310 g/mol. The van der Waals surface area contributed by atoms with Crippen molar-refractivity contribution >= 4 is 17.4 Å². The van der Waals surface area contributed by atoms with E-state index in [0.29, 0.717) is 24.3 Å². The van der Waals surface area contributed by atoms with Gasteiger partial charge in [-0.1, -0.05) is 20.8 Å². The molecule has 0 aromatic carbocycles. The Labute approximate surface area is 144 Å². The average Bonchev–Trinajstić information content (AvgIpc) is 2.93. The molecule has 0 fully saturated rings. The van der Waals surface area contributed by atoms with Crippen LogP contribution >= 0.6 is 11.3 Å². The molecule has 23 heavy (non-hydrogen) atoms. The van der Waals surface area contributed by atoms with E-state index in [2.05, 4.69) is 36.4 Å². The van der Waals surface area contributed by atoms with Crippen molar-refractivity contribution < 1.29 is 9.53 Å². The monoisotopic (exact) mass is 341 g/mol. The van der Waals surface area contributed by atoms with E-state index in [4.69, 9.17) is 4.74 Å². The molecule has 1 heterocycles. The van der Waals surface area contributed by atoms with Crippen molar-refractivity contribution in [1.29, 1.82) is 0 Å². The lowest BCUT2D eigenvalue weighted by molar-refractivity contribution is 0.0515. The predicted octanol–water partition coefficient (Wildman–Crippen LogP) is 3.63. The van der Waals surface area contributed by atoms with Crippen molar-refractivity contribution in [2.24, 2.45) is 11.8 Å². The van der Waals surface area contributed by atoms with Gasteiger partial charge in [0.05, 0.1) is 5.01 Å². The van der Waals surface area contributed by atoms with Crippen molar-refractivity contribution in [3.63, 3.8) is 0 Å². The number of thiazole rings is 1. The van der Waals surface area contributed by atoms with Crippen LogP contribution in [-0.4, -0.2) is 36.3 Å². The van der Waals surface area contributed by atoms with E-state index in [1.807, 2.05) is 32.3 Å². The van der Waals surface area contributed by atoms with Crippen LogP contribution < -0.4 is 10.6 Å². The summed E-state index contributed by atoms with van der Waals surface area (Å²) >= 11 is 1.69. The zero-order valence-electron chi connectivity index (χ0n) is 15.2. The fourth-order valence-electron chi connectivity index (χ4n) is 2.12. The Morgan fingerprint density at radius 2 is 1.96 bits per heavy atom. The largest absolute Gasteiger partial charge is 0.444 e. The first-order chi connectivity index (χ1) is 10.7. The molecule has 1 rings (SSSR count). The Balaban J connectivity index is 2.33. The Hall–Kier alpha value is -1.14. The average molecular weight is 342 g/mol. The van der Waals surface area contributed by atoms with Gasteiger partial charge in [-0.15, -0.1) is 11.3 Å². The molecule has 132 valence electrons. The summed E-state index contributed by atoms with van der Waals surface area (Å²) in [4.78, 5) is 16.1. The normalized spacial score (nSPS) is 14.6. The molecular formula is C17H31N3O2S. The highest BCUT2D eigenvalue weighted by Crippen LogP contribution is 2.17. The van der Waals surface area contributed by atoms with Gasteiger partial charge in [-0.25, -0.2) is 9.78 Å². The van der Waals surface area contributed by atoms with Crippen LogP contribution in [0.25, 0.3) is 0 Å². The zero-order valence-corrected chi connectivity index (χ0v) is 16.0. The van der Waals surface area contributed by atoms with E-state index in [1.54, 1.807) is 11.3 Å². The molecule has 0 aliphatic heterocycles. The Kier molecular flexibility index (Phi) is 7.99. The molecule has 0 radical (unpaired) electrons. The third-order valence-corrected chi connectivity index (χ3v) is 4.59. The van der Waals surface area contributed by atoms with Crippen LogP contribution in [0, 0.1) is 11.8 Å². The molecule has 0 aliphatic carbocycles. The highest BCUT2D eigenvalue weighted by Gasteiger charge is 2.19. The number of nitrogens with zero attached hydrogens (tertiary/aromatic N) is 1. The van der Waals surface area contributed by atoms with Gasteiger partial charge in [0.25, 0.3) is 0 Å². The topological polar surface area (TPSA) is 63.2 Å². The van der Waals surface area contributed by atoms with Crippen molar-refractivity contribution in [3.05, 3.63) is 16.6 Å². The fourth-order valence-corrected chi connectivity index (χ4v) is 2.82. The molecule has 0 spiro atoms. The number of rotatable bonds is 8. The van der Waals surface area contributed by atoms with Gasteiger partial charge in [0.1, 0.15) is 5.60 Å². The summed E-state index contributed by atoms with van der Waals surface area (Å²) in [6.45, 7) is 14.5. The second-order valence-electron chi connectivity index (χ2n) is 7.32. The highest BCUT2D eigenvalue weighted by atomic mass is 32.1. The molecule has 1 aromatic heterocycles. The Bertz CT molecular complexity index is 455. The minimum absolute atomic E-state index is 0.348. The van der Waals surface area contributed by atoms with Gasteiger partial charge in [-0.05, 0) is 39.2 Å². The van der Waals surface area contributed by atoms with Crippen molar-refractivity contribution in [3.8, 4) is 0 Å². The van der Waals surface area contributed by atoms with E-state index in [-0.39, 0.29) is 6.09 Å². The van der Waals surface area contributed by atoms with Gasteiger partial charge in [0.2, 0.25) is 0 Å². The van der Waals surface area contributed by atoms with Gasteiger partial charge in [-0.3, -0.25) is 0 Å². The SMILES string of the molecule is CC(CNCC(CNC(=O)OC(C)(C)C)C(C)C)c1nccs1. The molecule has 2 atom stereocenters. The third-order valence-electron chi connectivity index (χ3n) is 3.58. The molecule has 1 amide bonds. The van der Waals surface area contributed by atoms with Crippen molar-refractivity contribution in [2.75, 3.05) is 19.6 Å². The summed E-state index contributed by atoms with van der Waals surface area (Å²) in [5.74, 6) is 1.25. The van der Waals surface area contributed by atoms with Crippen LogP contribution in [0.1, 0.15) is 52.5 Å². The van der Waals surface area contributed by atoms with E-state index >= 15 is 0 Å². The number of hydrogen-bond acceptors (Lipinski definition) is 5. The lowest BCUT2D eigenvalue weighted by Crippen LogP contribution is -2.40. The van der Waals surface area contributed by atoms with Crippen LogP contribution in [0.2, 0.25) is 0 Å². The molecule has 0 saturated carbocycles. The second kappa shape index (κ2) is 9.23. The molecule has 5 nitrogen and oxygen atoms in total. The first kappa shape index (κ1) is 19.9. The zero-order chi connectivity index (χ0) is 17.5. The number of hydrogen-bond donors (Lipinski definition) is 2. The third kappa shape index (κ3) is 8.32. The van der Waals surface area contributed by atoms with Gasteiger partial charge in [0, 0.05) is 30.6 Å². The summed E-state index contributed by atoms with van der Waals surface area (Å²) < 4.78 is 5.28. The number of aromatic nitrogens is 1. The maximum absolute atomic E-state index is 11.8. The molecule has 0 aliphatic rings. The first-order valence-electron chi connectivity index (χ1n) is 8.26. The van der Waals surface area contributed by atoms with Crippen LogP contribution in [-0.2, 0) is 4.74 Å². The van der Waals surface area contributed by atoms with Crippen molar-refractivity contribution in [2.45, 2.75) is 53.1 Å². The second-order valence-corrected chi connectivity index (χ2v) is 8.24. The lowest BCUT2D eigenvalue weighted by Gasteiger charge is -2.24. The Morgan fingerprint density at radius 3 is 2.48 bits per heavy atom. The highest BCUT2D eigenvalue weighted by molar-refractivity contribution is 7.09. The molecule has 6 heteroatoms. The van der Waals surface area contributed by atoms with E-state index in [1.165, 1.54) is 0 Å².